The minimum absolute atomic E-state index is 0. The molecule has 3 aliphatic heterocycles. The predicted molar refractivity (Wildman–Crippen MR) is 155 cm³/mol. The Morgan fingerprint density at radius 2 is 1.86 bits per heavy atom. The van der Waals surface area contributed by atoms with E-state index in [0.29, 0.717) is 0 Å². The molecule has 3 rings (SSSR count). The van der Waals surface area contributed by atoms with E-state index in [-0.39, 0.29) is 36.1 Å². The lowest BCUT2D eigenvalue weighted by molar-refractivity contribution is -0.179. The molecule has 0 aromatic carbocycles. The lowest BCUT2D eigenvalue weighted by Crippen LogP contribution is -2.65. The van der Waals surface area contributed by atoms with Gasteiger partial charge in [0.2, 0.25) is 6.79 Å². The molecular weight excluding hydrogens is 559 g/mol. The highest BCUT2D eigenvalue weighted by atomic mass is 35.5. The number of likely N-dealkylation sites (tertiary alicyclic amines) is 1. The van der Waals surface area contributed by atoms with Crippen LogP contribution >= 0.6 is 48.3 Å². The number of thioether (sulfide) groups is 2. The molecule has 3 aliphatic rings. The first-order chi connectivity index (χ1) is 16.5. The molecule has 0 saturated carbocycles. The molecule has 0 unspecified atom stereocenters. The number of β-lactam (4-membered cyclic amide) rings is 1. The average molecular weight is 602 g/mol. The minimum Gasteiger partial charge on any atom is -0.427 e. The standard InChI is InChI=1S/C24H40N4O5S2.2ClH/c1-23(2,3)22(31)33-15-32-21(30)18-24(4,5)35-20-17(19(29)28(18)20)26-14-27-10-7-16(8-11-27)13-34-12-6-9-25;;/h14,16-18,20H,6-13,15,25H2,1-5H3;2*1H/t17-,18+,20-;;/m1../s1. The van der Waals surface area contributed by atoms with Crippen LogP contribution in [-0.2, 0) is 23.9 Å². The molecule has 9 nitrogen and oxygen atoms in total. The fraction of sp³-hybridized carbons (Fsp3) is 0.833. The Hall–Kier alpha value is -0.880. The van der Waals surface area contributed by atoms with Gasteiger partial charge in [0.15, 0.2) is 6.04 Å². The van der Waals surface area contributed by atoms with Crippen LogP contribution in [0.3, 0.4) is 0 Å². The third-order valence-corrected chi connectivity index (χ3v) is 9.37. The number of halogens is 2. The number of esters is 2. The van der Waals surface area contributed by atoms with Crippen molar-refractivity contribution < 1.29 is 23.9 Å². The summed E-state index contributed by atoms with van der Waals surface area (Å²) in [4.78, 5) is 46.0. The molecule has 0 radical (unpaired) electrons. The zero-order valence-corrected chi connectivity index (χ0v) is 25.6. The maximum Gasteiger partial charge on any atom is 0.333 e. The van der Waals surface area contributed by atoms with Gasteiger partial charge in [0.1, 0.15) is 11.4 Å². The van der Waals surface area contributed by atoms with E-state index in [2.05, 4.69) is 9.89 Å². The molecule has 0 aromatic rings. The summed E-state index contributed by atoms with van der Waals surface area (Å²) < 4.78 is 9.75. The van der Waals surface area contributed by atoms with Crippen LogP contribution in [0, 0.1) is 11.3 Å². The number of aliphatic imine (C=N–C) groups is 1. The summed E-state index contributed by atoms with van der Waals surface area (Å²) in [6.07, 6.45) is 5.15. The second-order valence-corrected chi connectivity index (χ2v) is 13.8. The second kappa shape index (κ2) is 14.5. The molecule has 3 atom stereocenters. The Bertz CT molecular complexity index is 819. The number of hydrogen-bond acceptors (Lipinski definition) is 9. The van der Waals surface area contributed by atoms with E-state index in [1.807, 2.05) is 31.9 Å². The number of nitrogens with zero attached hydrogens (tertiary/aromatic N) is 3. The molecule has 3 saturated heterocycles. The molecule has 0 spiro atoms. The van der Waals surface area contributed by atoms with E-state index in [0.717, 1.165) is 50.6 Å². The normalized spacial score (nSPS) is 25.1. The summed E-state index contributed by atoms with van der Waals surface area (Å²) in [6, 6.07) is -1.22. The highest BCUT2D eigenvalue weighted by molar-refractivity contribution is 8.01. The lowest BCUT2D eigenvalue weighted by atomic mass is 9.96. The quantitative estimate of drug-likeness (QED) is 0.101. The van der Waals surface area contributed by atoms with Gasteiger partial charge in [0.25, 0.3) is 5.91 Å². The van der Waals surface area contributed by atoms with Crippen molar-refractivity contribution in [3.8, 4) is 0 Å². The van der Waals surface area contributed by atoms with E-state index in [9.17, 15) is 14.4 Å². The Balaban J connectivity index is 0.00000342. The van der Waals surface area contributed by atoms with Gasteiger partial charge in [-0.15, -0.1) is 36.6 Å². The molecule has 3 fully saturated rings. The Kier molecular flexibility index (Phi) is 13.4. The van der Waals surface area contributed by atoms with Crippen molar-refractivity contribution in [1.82, 2.24) is 9.80 Å². The first-order valence-electron chi connectivity index (χ1n) is 12.3. The smallest absolute Gasteiger partial charge is 0.333 e. The number of hydrogen-bond donors (Lipinski definition) is 1. The number of piperidine rings is 1. The molecule has 37 heavy (non-hydrogen) atoms. The van der Waals surface area contributed by atoms with Gasteiger partial charge in [-0.25, -0.2) is 4.79 Å². The molecule has 214 valence electrons. The van der Waals surface area contributed by atoms with Crippen LogP contribution in [0.1, 0.15) is 53.9 Å². The van der Waals surface area contributed by atoms with Crippen molar-refractivity contribution in [2.75, 3.05) is 37.9 Å². The number of nitrogens with two attached hydrogens (primary N) is 1. The first-order valence-corrected chi connectivity index (χ1v) is 14.4. The zero-order valence-electron chi connectivity index (χ0n) is 22.3. The van der Waals surface area contributed by atoms with Gasteiger partial charge in [0, 0.05) is 17.8 Å². The van der Waals surface area contributed by atoms with E-state index in [1.165, 1.54) is 5.75 Å². The van der Waals surface area contributed by atoms with Crippen LogP contribution < -0.4 is 5.73 Å². The van der Waals surface area contributed by atoms with E-state index in [1.54, 1.807) is 37.4 Å². The van der Waals surface area contributed by atoms with Crippen LogP contribution in [0.5, 0.6) is 0 Å². The summed E-state index contributed by atoms with van der Waals surface area (Å²) >= 11 is 3.55. The summed E-state index contributed by atoms with van der Waals surface area (Å²) in [5, 5.41) is -0.195. The van der Waals surface area contributed by atoms with Gasteiger partial charge in [-0.2, -0.15) is 11.8 Å². The minimum atomic E-state index is -0.739. The summed E-state index contributed by atoms with van der Waals surface area (Å²) in [5.41, 5.74) is 4.88. The van der Waals surface area contributed by atoms with Crippen LogP contribution in [0.15, 0.2) is 4.99 Å². The number of fused-ring (bicyclic) bond motifs is 1. The molecule has 3 heterocycles. The highest BCUT2D eigenvalue weighted by Gasteiger charge is 2.64. The third kappa shape index (κ3) is 8.55. The van der Waals surface area contributed by atoms with Crippen molar-refractivity contribution in [3.63, 3.8) is 0 Å². The zero-order chi connectivity index (χ0) is 25.8. The highest BCUT2D eigenvalue weighted by Crippen LogP contribution is 2.51. The van der Waals surface area contributed by atoms with Crippen molar-refractivity contribution in [2.45, 2.75) is 76.1 Å². The number of ether oxygens (including phenoxy) is 2. The topological polar surface area (TPSA) is 115 Å². The number of amides is 1. The Morgan fingerprint density at radius 1 is 1.22 bits per heavy atom. The maximum atomic E-state index is 12.9. The summed E-state index contributed by atoms with van der Waals surface area (Å²) in [6.45, 7) is 11.2. The molecule has 0 aromatic heterocycles. The van der Waals surface area contributed by atoms with Gasteiger partial charge >= 0.3 is 11.9 Å². The summed E-state index contributed by atoms with van der Waals surface area (Å²) in [5.74, 6) is 1.86. The molecular formula is C24H42Cl2N4O5S2. The van der Waals surface area contributed by atoms with Crippen molar-refractivity contribution in [3.05, 3.63) is 0 Å². The SMILES string of the molecule is CC(C)(C)C(=O)OCOC(=O)[C@@H]1N2C(=O)[C@@H](N=CN3CCC(CSCCCN)CC3)[C@H]2SC1(C)C.Cl.Cl. The van der Waals surface area contributed by atoms with E-state index >= 15 is 0 Å². The summed E-state index contributed by atoms with van der Waals surface area (Å²) in [7, 11) is 0. The first kappa shape index (κ1) is 34.1. The average Bonchev–Trinajstić information content (AvgIpc) is 3.04. The Morgan fingerprint density at radius 3 is 2.46 bits per heavy atom. The number of carbonyl (C=O) groups excluding carboxylic acids is 3. The van der Waals surface area contributed by atoms with Gasteiger partial charge < -0.3 is 25.0 Å². The maximum absolute atomic E-state index is 12.9. The fourth-order valence-corrected chi connectivity index (χ4v) is 7.20. The molecule has 2 N–H and O–H groups in total. The molecule has 0 bridgehead atoms. The van der Waals surface area contributed by atoms with Gasteiger partial charge in [-0.05, 0) is 77.8 Å². The third-order valence-electron chi connectivity index (χ3n) is 6.53. The van der Waals surface area contributed by atoms with Gasteiger partial charge in [-0.1, -0.05) is 0 Å². The van der Waals surface area contributed by atoms with Crippen molar-refractivity contribution >= 4 is 72.5 Å². The van der Waals surface area contributed by atoms with Gasteiger partial charge in [-0.3, -0.25) is 14.6 Å². The number of rotatable bonds is 10. The molecule has 13 heteroatoms. The predicted octanol–water partition coefficient (Wildman–Crippen LogP) is 3.17. The lowest BCUT2D eigenvalue weighted by Gasteiger charge is -2.42. The van der Waals surface area contributed by atoms with E-state index < -0.39 is 41.0 Å². The second-order valence-electron chi connectivity index (χ2n) is 10.9. The van der Waals surface area contributed by atoms with Crippen LogP contribution in [0.4, 0.5) is 0 Å². The molecule has 0 aliphatic carbocycles. The van der Waals surface area contributed by atoms with Crippen molar-refractivity contribution in [2.24, 2.45) is 22.1 Å². The fourth-order valence-electron chi connectivity index (χ4n) is 4.38. The molecule has 1 amide bonds. The van der Waals surface area contributed by atoms with Crippen LogP contribution in [0.2, 0.25) is 0 Å². The largest absolute Gasteiger partial charge is 0.427 e. The van der Waals surface area contributed by atoms with Crippen molar-refractivity contribution in [1.29, 1.82) is 0 Å². The monoisotopic (exact) mass is 600 g/mol. The van der Waals surface area contributed by atoms with Crippen LogP contribution in [-0.4, -0.2) is 94.1 Å². The Labute approximate surface area is 241 Å². The van der Waals surface area contributed by atoms with E-state index in [4.69, 9.17) is 15.2 Å². The van der Waals surface area contributed by atoms with Crippen LogP contribution in [0.25, 0.3) is 0 Å². The van der Waals surface area contributed by atoms with Gasteiger partial charge in [0.05, 0.1) is 11.8 Å². The number of carbonyl (C=O) groups is 3.